The average Bonchev–Trinajstić information content (AvgIpc) is 3.05. The number of rotatable bonds is 6. The largest absolute Gasteiger partial charge is 0.366 e. The highest BCUT2D eigenvalue weighted by molar-refractivity contribution is 7.91. The van der Waals surface area contributed by atoms with E-state index in [0.29, 0.717) is 44.6 Å². The quantitative estimate of drug-likeness (QED) is 0.528. The van der Waals surface area contributed by atoms with Crippen LogP contribution in [0.15, 0.2) is 24.3 Å². The summed E-state index contributed by atoms with van der Waals surface area (Å²) in [7, 11) is -3.05. The molecule has 1 amide bonds. The minimum atomic E-state index is -3.05. The van der Waals surface area contributed by atoms with E-state index >= 15 is 0 Å². The molecule has 0 aliphatic carbocycles. The number of carbonyl (C=O) groups excluding carboxylic acids is 1. The van der Waals surface area contributed by atoms with Crippen LogP contribution in [0.1, 0.15) is 32.6 Å². The standard InChI is InChI=1S/C19H27N3O5S/c1-2-10-21(16-9-13-28(26,27)14-16)19(23)15-7-11-20(12-8-15)17-5-3-4-6-18(17)22(24)25/h3-6,15-16H,2,7-14H2,1H3. The second-order valence-corrected chi connectivity index (χ2v) is 9.82. The number of hydrogen-bond donors (Lipinski definition) is 0. The zero-order valence-electron chi connectivity index (χ0n) is 16.1. The number of carbonyl (C=O) groups is 1. The number of nitro benzene ring substituents is 1. The predicted molar refractivity (Wildman–Crippen MR) is 107 cm³/mol. The van der Waals surface area contributed by atoms with Crippen molar-refractivity contribution in [3.63, 3.8) is 0 Å². The van der Waals surface area contributed by atoms with Crippen molar-refractivity contribution < 1.29 is 18.1 Å². The fraction of sp³-hybridized carbons (Fsp3) is 0.632. The molecule has 0 aromatic heterocycles. The second-order valence-electron chi connectivity index (χ2n) is 7.60. The maximum atomic E-state index is 13.1. The van der Waals surface area contributed by atoms with Crippen molar-refractivity contribution in [2.45, 2.75) is 38.6 Å². The molecule has 1 aromatic carbocycles. The van der Waals surface area contributed by atoms with Crippen LogP contribution in [0.2, 0.25) is 0 Å². The van der Waals surface area contributed by atoms with Gasteiger partial charge in [-0.15, -0.1) is 0 Å². The van der Waals surface area contributed by atoms with E-state index in [-0.39, 0.29) is 40.0 Å². The lowest BCUT2D eigenvalue weighted by Crippen LogP contribution is -2.47. The summed E-state index contributed by atoms with van der Waals surface area (Å²) in [5.74, 6) is 0.0924. The third kappa shape index (κ3) is 4.45. The Kier molecular flexibility index (Phi) is 6.22. The van der Waals surface area contributed by atoms with Gasteiger partial charge in [0.25, 0.3) is 5.69 Å². The van der Waals surface area contributed by atoms with E-state index < -0.39 is 9.84 Å². The van der Waals surface area contributed by atoms with Crippen LogP contribution in [-0.2, 0) is 14.6 Å². The molecule has 2 heterocycles. The molecule has 8 nitrogen and oxygen atoms in total. The molecular formula is C19H27N3O5S. The number of anilines is 1. The van der Waals surface area contributed by atoms with Crippen molar-refractivity contribution in [1.82, 2.24) is 4.90 Å². The molecule has 2 aliphatic heterocycles. The molecule has 28 heavy (non-hydrogen) atoms. The highest BCUT2D eigenvalue weighted by Crippen LogP contribution is 2.32. The van der Waals surface area contributed by atoms with Gasteiger partial charge in [0, 0.05) is 37.7 Å². The SMILES string of the molecule is CCCN(C(=O)C1CCN(c2ccccc2[N+](=O)[O-])CC1)C1CCS(=O)(=O)C1. The van der Waals surface area contributed by atoms with Gasteiger partial charge in [0.05, 0.1) is 16.4 Å². The van der Waals surface area contributed by atoms with Gasteiger partial charge in [0.2, 0.25) is 5.91 Å². The third-order valence-corrected chi connectivity index (χ3v) is 7.41. The minimum absolute atomic E-state index is 0.0335. The summed E-state index contributed by atoms with van der Waals surface area (Å²) in [6.07, 6.45) is 2.54. The second kappa shape index (κ2) is 8.46. The molecule has 0 N–H and O–H groups in total. The van der Waals surface area contributed by atoms with E-state index in [1.54, 1.807) is 23.1 Å². The average molecular weight is 410 g/mol. The normalized spacial score (nSPS) is 22.2. The first-order valence-corrected chi connectivity index (χ1v) is 11.6. The molecule has 3 rings (SSSR count). The summed E-state index contributed by atoms with van der Waals surface area (Å²) in [6, 6.07) is 6.45. The molecule has 2 aliphatic rings. The molecule has 9 heteroatoms. The summed E-state index contributed by atoms with van der Waals surface area (Å²) in [6.45, 7) is 3.71. The summed E-state index contributed by atoms with van der Waals surface area (Å²) < 4.78 is 23.7. The van der Waals surface area contributed by atoms with Crippen LogP contribution in [0.25, 0.3) is 0 Å². The fourth-order valence-electron chi connectivity index (χ4n) is 4.22. The molecule has 0 saturated carbocycles. The first-order chi connectivity index (χ1) is 13.3. The number of hydrogen-bond acceptors (Lipinski definition) is 6. The van der Waals surface area contributed by atoms with Gasteiger partial charge in [-0.05, 0) is 31.7 Å². The monoisotopic (exact) mass is 409 g/mol. The minimum Gasteiger partial charge on any atom is -0.366 e. The van der Waals surface area contributed by atoms with E-state index in [0.717, 1.165) is 6.42 Å². The van der Waals surface area contributed by atoms with Gasteiger partial charge in [0.15, 0.2) is 9.84 Å². The molecule has 154 valence electrons. The number of sulfone groups is 1. The van der Waals surface area contributed by atoms with Gasteiger partial charge < -0.3 is 9.80 Å². The summed E-state index contributed by atoms with van der Waals surface area (Å²) in [5, 5.41) is 11.3. The summed E-state index contributed by atoms with van der Waals surface area (Å²) >= 11 is 0. The van der Waals surface area contributed by atoms with Crippen LogP contribution >= 0.6 is 0 Å². The van der Waals surface area contributed by atoms with Crippen molar-refractivity contribution in [3.05, 3.63) is 34.4 Å². The Morgan fingerprint density at radius 2 is 1.93 bits per heavy atom. The van der Waals surface area contributed by atoms with Gasteiger partial charge in [0.1, 0.15) is 5.69 Å². The Balaban J connectivity index is 1.66. The van der Waals surface area contributed by atoms with E-state index in [1.807, 2.05) is 11.8 Å². The van der Waals surface area contributed by atoms with Crippen molar-refractivity contribution in [3.8, 4) is 0 Å². The number of nitrogens with zero attached hydrogens (tertiary/aromatic N) is 3. The Labute approximate surface area is 165 Å². The molecule has 0 spiro atoms. The molecule has 1 unspecified atom stereocenters. The molecule has 2 fully saturated rings. The van der Waals surface area contributed by atoms with Gasteiger partial charge in [-0.3, -0.25) is 14.9 Å². The van der Waals surface area contributed by atoms with E-state index in [4.69, 9.17) is 0 Å². The zero-order chi connectivity index (χ0) is 20.3. The summed E-state index contributed by atoms with van der Waals surface area (Å²) in [4.78, 5) is 27.7. The van der Waals surface area contributed by atoms with Gasteiger partial charge in [-0.2, -0.15) is 0 Å². The molecule has 0 radical (unpaired) electrons. The van der Waals surface area contributed by atoms with Crippen LogP contribution in [-0.4, -0.2) is 61.3 Å². The van der Waals surface area contributed by atoms with Crippen molar-refractivity contribution in [2.24, 2.45) is 5.92 Å². The van der Waals surface area contributed by atoms with Crippen molar-refractivity contribution >= 4 is 27.1 Å². The maximum Gasteiger partial charge on any atom is 0.292 e. The maximum absolute atomic E-state index is 13.1. The highest BCUT2D eigenvalue weighted by Gasteiger charge is 2.37. The molecule has 1 atom stereocenters. The van der Waals surface area contributed by atoms with Crippen LogP contribution in [0.5, 0.6) is 0 Å². The van der Waals surface area contributed by atoms with Crippen LogP contribution in [0, 0.1) is 16.0 Å². The lowest BCUT2D eigenvalue weighted by atomic mass is 9.94. The van der Waals surface area contributed by atoms with Crippen LogP contribution in [0.3, 0.4) is 0 Å². The van der Waals surface area contributed by atoms with E-state index in [1.165, 1.54) is 6.07 Å². The molecule has 0 bridgehead atoms. The van der Waals surface area contributed by atoms with Gasteiger partial charge >= 0.3 is 0 Å². The Bertz CT molecular complexity index is 834. The number of nitro groups is 1. The Morgan fingerprint density at radius 1 is 1.25 bits per heavy atom. The Hall–Kier alpha value is -2.16. The molecule has 1 aromatic rings. The zero-order valence-corrected chi connectivity index (χ0v) is 16.9. The number of piperidine rings is 1. The summed E-state index contributed by atoms with van der Waals surface area (Å²) in [5.41, 5.74) is 0.668. The van der Waals surface area contributed by atoms with Crippen LogP contribution < -0.4 is 4.90 Å². The molecule has 2 saturated heterocycles. The Morgan fingerprint density at radius 3 is 2.50 bits per heavy atom. The number of benzene rings is 1. The lowest BCUT2D eigenvalue weighted by molar-refractivity contribution is -0.384. The van der Waals surface area contributed by atoms with Crippen LogP contribution in [0.4, 0.5) is 11.4 Å². The number of amides is 1. The predicted octanol–water partition coefficient (Wildman–Crippen LogP) is 2.24. The van der Waals surface area contributed by atoms with Crippen molar-refractivity contribution in [1.29, 1.82) is 0 Å². The number of para-hydroxylation sites is 2. The first kappa shape index (κ1) is 20.6. The first-order valence-electron chi connectivity index (χ1n) is 9.81. The van der Waals surface area contributed by atoms with Gasteiger partial charge in [-0.25, -0.2) is 8.42 Å². The molecular weight excluding hydrogens is 382 g/mol. The van der Waals surface area contributed by atoms with Crippen molar-refractivity contribution in [2.75, 3.05) is 36.0 Å². The topological polar surface area (TPSA) is 101 Å². The lowest BCUT2D eigenvalue weighted by Gasteiger charge is -2.37. The fourth-order valence-corrected chi connectivity index (χ4v) is 5.95. The smallest absolute Gasteiger partial charge is 0.292 e. The third-order valence-electron chi connectivity index (χ3n) is 5.66. The van der Waals surface area contributed by atoms with E-state index in [2.05, 4.69) is 0 Å². The highest BCUT2D eigenvalue weighted by atomic mass is 32.2. The van der Waals surface area contributed by atoms with E-state index in [9.17, 15) is 23.3 Å². The van der Waals surface area contributed by atoms with Gasteiger partial charge in [-0.1, -0.05) is 19.1 Å².